The van der Waals surface area contributed by atoms with Gasteiger partial charge in [0, 0.05) is 85.5 Å². The zero-order valence-corrected chi connectivity index (χ0v) is 46.7. The fourth-order valence-electron chi connectivity index (χ4n) is 11.3. The van der Waals surface area contributed by atoms with Crippen molar-refractivity contribution in [2.75, 3.05) is 37.6 Å². The number of rotatable bonds is 14. The van der Waals surface area contributed by atoms with Gasteiger partial charge < -0.3 is 35.6 Å². The fourth-order valence-corrected chi connectivity index (χ4v) is 11.3. The Kier molecular flexibility index (Phi) is 17.6. The quantitative estimate of drug-likeness (QED) is 0.0742. The van der Waals surface area contributed by atoms with Gasteiger partial charge in [0.25, 0.3) is 5.91 Å². The number of hydrogen-bond donors (Lipinski definition) is 4. The molecule has 1 amide bonds. The number of nitrogens with one attached hydrogen (secondary N) is 1. The van der Waals surface area contributed by atoms with Crippen molar-refractivity contribution >= 4 is 81.6 Å². The number of piperidine rings is 2. The summed E-state index contributed by atoms with van der Waals surface area (Å²) < 4.78 is 12.0. The summed E-state index contributed by atoms with van der Waals surface area (Å²) in [4.78, 5) is 67.5. The predicted octanol–water partition coefficient (Wildman–Crippen LogP) is 12.3. The normalized spacial score (nSPS) is 18.7. The van der Waals surface area contributed by atoms with Crippen LogP contribution in [0.25, 0.3) is 56.6 Å². The van der Waals surface area contributed by atoms with E-state index in [9.17, 15) is 19.2 Å². The number of ketones is 2. The van der Waals surface area contributed by atoms with Crippen molar-refractivity contribution in [3.05, 3.63) is 167 Å². The average Bonchev–Trinajstić information content (AvgIpc) is 3.95. The summed E-state index contributed by atoms with van der Waals surface area (Å²) >= 11 is 0. The summed E-state index contributed by atoms with van der Waals surface area (Å²) in [6.07, 6.45) is 14.5. The van der Waals surface area contributed by atoms with Crippen molar-refractivity contribution in [1.82, 2.24) is 30.2 Å². The number of carbonyl (C=O) groups is 4. The number of likely N-dealkylation sites (tertiary alicyclic amines) is 1. The molecule has 4 aliphatic rings. The Hall–Kier alpha value is -8.27. The van der Waals surface area contributed by atoms with Gasteiger partial charge in [-0.05, 0) is 193 Å². The van der Waals surface area contributed by atoms with Gasteiger partial charge in [0.2, 0.25) is 0 Å². The van der Waals surface area contributed by atoms with E-state index in [1.54, 1.807) is 61.1 Å². The summed E-state index contributed by atoms with van der Waals surface area (Å²) in [6.45, 7) is 17.5. The topological polar surface area (TPSA) is 234 Å². The zero-order chi connectivity index (χ0) is 55.8. The number of carboxylic acid groups (broad SMARTS) is 1. The second-order valence-corrected chi connectivity index (χ2v) is 22.6. The van der Waals surface area contributed by atoms with Gasteiger partial charge in [0.05, 0.1) is 22.5 Å². The van der Waals surface area contributed by atoms with Crippen molar-refractivity contribution in [3.63, 3.8) is 0 Å². The number of aryl methyl sites for hydroxylation is 4. The van der Waals surface area contributed by atoms with Crippen LogP contribution in [-0.4, -0.2) is 79.6 Å². The number of nitrogens with two attached hydrogens (primary N) is 2. The first-order chi connectivity index (χ1) is 37.8. The summed E-state index contributed by atoms with van der Waals surface area (Å²) in [5.41, 5.74) is 21.5. The molecule has 420 valence electrons. The van der Waals surface area contributed by atoms with Gasteiger partial charge in [0.15, 0.2) is 11.6 Å². The monoisotopic (exact) mass is 1110 g/mol. The molecule has 2 aliphatic carbocycles. The van der Waals surface area contributed by atoms with Gasteiger partial charge >= 0.3 is 5.97 Å². The molecule has 81 heavy (non-hydrogen) atoms. The van der Waals surface area contributed by atoms with E-state index < -0.39 is 5.97 Å². The third-order valence-corrected chi connectivity index (χ3v) is 16.5. The number of anilines is 2. The molecular formula is C65H71ClN8O7. The Morgan fingerprint density at radius 2 is 1.06 bits per heavy atom. The summed E-state index contributed by atoms with van der Waals surface area (Å²) in [6, 6.07) is 25.9. The van der Waals surface area contributed by atoms with Crippen LogP contribution in [-0.2, 0) is 22.4 Å². The van der Waals surface area contributed by atoms with Crippen LogP contribution in [0.5, 0.6) is 0 Å². The molecule has 15 nitrogen and oxygen atoms in total. The van der Waals surface area contributed by atoms with E-state index in [1.165, 1.54) is 31.4 Å². The van der Waals surface area contributed by atoms with Crippen LogP contribution in [0.1, 0.15) is 102 Å². The number of furan rings is 2. The first kappa shape index (κ1) is 58.9. The zero-order valence-electron chi connectivity index (χ0n) is 45.9. The number of hydrogen-bond acceptors (Lipinski definition) is 13. The molecule has 2 aliphatic heterocycles. The van der Waals surface area contributed by atoms with E-state index in [0.29, 0.717) is 71.2 Å². The Morgan fingerprint density at radius 1 is 0.617 bits per heavy atom. The molecule has 4 unspecified atom stereocenters. The molecule has 2 saturated heterocycles. The maximum atomic E-state index is 13.0. The smallest absolute Gasteiger partial charge is 0.337 e. The highest BCUT2D eigenvalue weighted by Gasteiger charge is 2.62. The lowest BCUT2D eigenvalue weighted by Crippen LogP contribution is -2.32. The molecule has 4 fully saturated rings. The van der Waals surface area contributed by atoms with Gasteiger partial charge in [-0.15, -0.1) is 12.4 Å². The van der Waals surface area contributed by atoms with E-state index in [4.69, 9.17) is 25.4 Å². The maximum absolute atomic E-state index is 13.0. The Morgan fingerprint density at radius 3 is 1.44 bits per heavy atom. The number of carbonyl (C=O) groups excluding carboxylic acids is 3. The van der Waals surface area contributed by atoms with E-state index in [-0.39, 0.29) is 42.9 Å². The maximum Gasteiger partial charge on any atom is 0.337 e. The van der Waals surface area contributed by atoms with Crippen molar-refractivity contribution in [1.29, 1.82) is 0 Å². The highest BCUT2D eigenvalue weighted by Crippen LogP contribution is 2.62. The molecule has 8 aromatic rings. The SMILES string of the molecule is C.CC1(C)C2CNCC21.Cc1cc(-c2ccc(C(=O)N3CC4C(C3)C4(C)C)cn2)cc2cc(CCC(=O)/C=C/c3ccc(N)nc3)oc12.Cc1cc(-c2ccc(C(=O)O)cn2)cc2cc(CCC(=O)/C=C/c3ccc(N)nc3)oc12.Cl. The standard InChI is InChI=1S/C32H32N4O3.C25H21N3O4.C7H13N.CH4.ClH/c1-19-12-22(28-10-6-21(16-34-28)31(38)36-17-26-27(18-36)32(26,2)3)13-23-14-25(39-30(19)23)9-8-24(37)7-4-20-5-11-29(33)35-15-20;1-15-10-18(22-8-4-17(14-27-22)25(30)31)11-19-12-21(32-24(15)19)7-6-20(29)5-2-16-3-9-23(26)28-13-16;1-7(2)5-3-8-4-6(5)7;;/h4-7,10-16,26-27H,8-9,17-18H2,1-3H3,(H2,33,35);2-5,8-14H,6-7H2,1H3,(H2,26,28)(H,30,31);5-6,8H,3-4H2,1-2H3;1H4;1H/b7-4+;5-2+;;;. The van der Waals surface area contributed by atoms with E-state index in [1.807, 2.05) is 73.3 Å². The fraction of sp³-hybridized carbons (Fsp3) is 0.323. The van der Waals surface area contributed by atoms with Crippen molar-refractivity contribution in [3.8, 4) is 22.5 Å². The molecule has 12 rings (SSSR count). The number of carboxylic acids is 1. The number of aromatic carboxylic acids is 1. The Bertz CT molecular complexity index is 3630. The van der Waals surface area contributed by atoms with Crippen LogP contribution < -0.4 is 16.8 Å². The summed E-state index contributed by atoms with van der Waals surface area (Å²) in [5.74, 6) is 4.72. The van der Waals surface area contributed by atoms with Gasteiger partial charge in [-0.2, -0.15) is 0 Å². The lowest BCUT2D eigenvalue weighted by atomic mass is 10.0. The first-order valence-corrected chi connectivity index (χ1v) is 26.9. The number of nitrogens with zero attached hydrogens (tertiary/aromatic N) is 5. The molecule has 2 saturated carbocycles. The van der Waals surface area contributed by atoms with Gasteiger partial charge in [-0.25, -0.2) is 14.8 Å². The number of amides is 1. The van der Waals surface area contributed by atoms with Crippen molar-refractivity contribution in [2.45, 2.75) is 74.7 Å². The number of aromatic nitrogens is 4. The lowest BCUT2D eigenvalue weighted by molar-refractivity contribution is -0.115. The van der Waals surface area contributed by atoms with Crippen LogP contribution in [0.2, 0.25) is 0 Å². The number of pyridine rings is 4. The molecule has 0 spiro atoms. The first-order valence-electron chi connectivity index (χ1n) is 26.9. The van der Waals surface area contributed by atoms with Crippen LogP contribution in [0, 0.1) is 48.3 Å². The van der Waals surface area contributed by atoms with Gasteiger partial charge in [0.1, 0.15) is 34.3 Å². The second kappa shape index (κ2) is 24.2. The largest absolute Gasteiger partial charge is 0.478 e. The number of nitrogen functional groups attached to an aromatic ring is 2. The van der Waals surface area contributed by atoms with Crippen molar-refractivity contribution in [2.24, 2.45) is 34.5 Å². The van der Waals surface area contributed by atoms with E-state index in [2.05, 4.69) is 52.9 Å². The second-order valence-electron chi connectivity index (χ2n) is 22.6. The Labute approximate surface area is 478 Å². The predicted molar refractivity (Wildman–Crippen MR) is 322 cm³/mol. The molecule has 16 heteroatoms. The third kappa shape index (κ3) is 13.3. The van der Waals surface area contributed by atoms with E-state index >= 15 is 0 Å². The molecule has 0 radical (unpaired) electrons. The van der Waals surface area contributed by atoms with Gasteiger partial charge in [-0.3, -0.25) is 24.4 Å². The molecular weight excluding hydrogens is 1040 g/mol. The van der Waals surface area contributed by atoms with Crippen LogP contribution in [0.4, 0.5) is 11.6 Å². The minimum Gasteiger partial charge on any atom is -0.478 e. The molecule has 2 aromatic carbocycles. The number of halogens is 1. The number of allylic oxidation sites excluding steroid dienone is 2. The summed E-state index contributed by atoms with van der Waals surface area (Å²) in [5, 5.41) is 14.3. The summed E-state index contributed by atoms with van der Waals surface area (Å²) in [7, 11) is 0. The molecule has 4 atom stereocenters. The van der Waals surface area contributed by atoms with Crippen LogP contribution in [0.3, 0.4) is 0 Å². The molecule has 6 N–H and O–H groups in total. The van der Waals surface area contributed by atoms with Gasteiger partial charge in [-0.1, -0.05) is 35.1 Å². The third-order valence-electron chi connectivity index (χ3n) is 16.5. The molecule has 8 heterocycles. The molecule has 6 aromatic heterocycles. The minimum atomic E-state index is -1.01. The molecule has 0 bridgehead atoms. The minimum absolute atomic E-state index is 0. The van der Waals surface area contributed by atoms with Crippen LogP contribution in [0.15, 0.2) is 131 Å². The highest BCUT2D eigenvalue weighted by molar-refractivity contribution is 5.96. The lowest BCUT2D eigenvalue weighted by Gasteiger charge is -2.22. The number of fused-ring (bicyclic) bond motifs is 4. The van der Waals surface area contributed by atoms with E-state index in [0.717, 1.165) is 97.5 Å². The Balaban J connectivity index is 0.000000184. The highest BCUT2D eigenvalue weighted by atomic mass is 35.5. The number of benzene rings is 2. The van der Waals surface area contributed by atoms with Crippen molar-refractivity contribution < 1.29 is 33.1 Å². The average molecular weight is 1110 g/mol. The van der Waals surface area contributed by atoms with Crippen LogP contribution >= 0.6 is 12.4 Å².